The van der Waals surface area contributed by atoms with Crippen LogP contribution in [-0.2, 0) is 16.1 Å². The van der Waals surface area contributed by atoms with Crippen molar-refractivity contribution in [3.63, 3.8) is 0 Å². The first-order valence-electron chi connectivity index (χ1n) is 6.69. The summed E-state index contributed by atoms with van der Waals surface area (Å²) in [5, 5.41) is 10.9. The zero-order valence-corrected chi connectivity index (χ0v) is 12.3. The maximum atomic E-state index is 12.1. The number of nitrogens with two attached hydrogens (primary N) is 1. The largest absolute Gasteiger partial charge is 0.385 e. The highest BCUT2D eigenvalue weighted by molar-refractivity contribution is 5.81. The molecule has 1 aromatic carbocycles. The molecule has 0 radical (unpaired) electrons. The van der Waals surface area contributed by atoms with Gasteiger partial charge in [-0.1, -0.05) is 18.2 Å². The Morgan fingerprint density at radius 2 is 2.14 bits per heavy atom. The Kier molecular flexibility index (Phi) is 6.77. The first-order chi connectivity index (χ1) is 9.97. The van der Waals surface area contributed by atoms with Gasteiger partial charge in [0.1, 0.15) is 0 Å². The molecule has 0 bridgehead atoms. The Morgan fingerprint density at radius 3 is 2.76 bits per heavy atom. The minimum atomic E-state index is -0.618. The van der Waals surface area contributed by atoms with Crippen LogP contribution < -0.4 is 5.73 Å². The zero-order chi connectivity index (χ0) is 15.8. The van der Waals surface area contributed by atoms with E-state index in [1.807, 2.05) is 0 Å². The van der Waals surface area contributed by atoms with E-state index in [0.717, 1.165) is 0 Å². The van der Waals surface area contributed by atoms with Gasteiger partial charge >= 0.3 is 0 Å². The number of hydrogen-bond acceptors (Lipinski definition) is 5. The fourth-order valence-electron chi connectivity index (χ4n) is 2.01. The third-order valence-corrected chi connectivity index (χ3v) is 3.15. The highest BCUT2D eigenvalue weighted by Crippen LogP contribution is 2.19. The Hall–Kier alpha value is -1.99. The number of nitro groups is 1. The number of methoxy groups -OCH3 is 1. The Bertz CT molecular complexity index is 493. The van der Waals surface area contributed by atoms with Gasteiger partial charge in [-0.05, 0) is 12.8 Å². The van der Waals surface area contributed by atoms with Gasteiger partial charge in [0.2, 0.25) is 5.91 Å². The third kappa shape index (κ3) is 5.13. The highest BCUT2D eigenvalue weighted by atomic mass is 16.6. The molecule has 0 saturated carbocycles. The summed E-state index contributed by atoms with van der Waals surface area (Å²) in [6, 6.07) is 5.75. The van der Waals surface area contributed by atoms with E-state index in [1.54, 1.807) is 32.4 Å². The molecule has 1 aromatic rings. The van der Waals surface area contributed by atoms with Crippen LogP contribution in [0.25, 0.3) is 0 Å². The van der Waals surface area contributed by atoms with E-state index in [1.165, 1.54) is 11.0 Å². The molecule has 0 aliphatic carbocycles. The molecule has 1 rings (SSSR count). The van der Waals surface area contributed by atoms with Crippen LogP contribution in [0.4, 0.5) is 5.69 Å². The van der Waals surface area contributed by atoms with Crippen LogP contribution in [0.5, 0.6) is 0 Å². The maximum absolute atomic E-state index is 12.1. The van der Waals surface area contributed by atoms with Crippen molar-refractivity contribution in [2.75, 3.05) is 20.8 Å². The van der Waals surface area contributed by atoms with E-state index in [4.69, 9.17) is 10.5 Å². The minimum Gasteiger partial charge on any atom is -0.385 e. The number of benzene rings is 1. The predicted molar refractivity (Wildman–Crippen MR) is 78.7 cm³/mol. The molecule has 1 atom stereocenters. The smallest absolute Gasteiger partial charge is 0.274 e. The number of nitrogens with zero attached hydrogens (tertiary/aromatic N) is 2. The summed E-state index contributed by atoms with van der Waals surface area (Å²) in [5.74, 6) is -0.232. The van der Waals surface area contributed by atoms with Crippen LogP contribution in [0.2, 0.25) is 0 Å². The number of hydrogen-bond donors (Lipinski definition) is 1. The van der Waals surface area contributed by atoms with Gasteiger partial charge in [-0.2, -0.15) is 0 Å². The standard InChI is InChI=1S/C14H21N3O4/c1-16(14(18)12(15)7-5-9-21-2)10-11-6-3-4-8-13(11)17(19)20/h3-4,6,8,12H,5,7,9-10,15H2,1-2H3. The molecule has 0 saturated heterocycles. The van der Waals surface area contributed by atoms with Crippen molar-refractivity contribution in [1.82, 2.24) is 4.90 Å². The van der Waals surface area contributed by atoms with Gasteiger partial charge in [0.05, 0.1) is 17.5 Å². The number of carbonyl (C=O) groups excluding carboxylic acids is 1. The first kappa shape index (κ1) is 17.1. The van der Waals surface area contributed by atoms with Crippen LogP contribution in [0.3, 0.4) is 0 Å². The predicted octanol–water partition coefficient (Wildman–Crippen LogP) is 1.31. The van der Waals surface area contributed by atoms with E-state index in [9.17, 15) is 14.9 Å². The second-order valence-electron chi connectivity index (χ2n) is 4.82. The van der Waals surface area contributed by atoms with Gasteiger partial charge in [0.15, 0.2) is 0 Å². The molecule has 0 aliphatic rings. The summed E-state index contributed by atoms with van der Waals surface area (Å²) in [5.41, 5.74) is 6.32. The number of ether oxygens (including phenoxy) is 1. The molecule has 0 aliphatic heterocycles. The van der Waals surface area contributed by atoms with Crippen LogP contribution in [0.15, 0.2) is 24.3 Å². The Morgan fingerprint density at radius 1 is 1.48 bits per heavy atom. The average molecular weight is 295 g/mol. The normalized spacial score (nSPS) is 12.0. The van der Waals surface area contributed by atoms with Crippen molar-refractivity contribution < 1.29 is 14.5 Å². The number of para-hydroxylation sites is 1. The van der Waals surface area contributed by atoms with E-state index >= 15 is 0 Å². The molecular weight excluding hydrogens is 274 g/mol. The van der Waals surface area contributed by atoms with Crippen molar-refractivity contribution in [3.05, 3.63) is 39.9 Å². The van der Waals surface area contributed by atoms with Crippen LogP contribution >= 0.6 is 0 Å². The first-order valence-corrected chi connectivity index (χ1v) is 6.69. The number of amides is 1. The number of nitro benzene ring substituents is 1. The highest BCUT2D eigenvalue weighted by Gasteiger charge is 2.20. The lowest BCUT2D eigenvalue weighted by Crippen LogP contribution is -2.41. The van der Waals surface area contributed by atoms with Gasteiger partial charge < -0.3 is 15.4 Å². The Labute approximate surface area is 123 Å². The molecule has 7 heteroatoms. The molecule has 0 spiro atoms. The lowest BCUT2D eigenvalue weighted by atomic mass is 10.1. The monoisotopic (exact) mass is 295 g/mol. The fraction of sp³-hybridized carbons (Fsp3) is 0.500. The van der Waals surface area contributed by atoms with Crippen LogP contribution in [0.1, 0.15) is 18.4 Å². The van der Waals surface area contributed by atoms with Crippen molar-refractivity contribution in [1.29, 1.82) is 0 Å². The molecule has 1 unspecified atom stereocenters. The summed E-state index contributed by atoms with van der Waals surface area (Å²) in [4.78, 5) is 24.0. The van der Waals surface area contributed by atoms with Gasteiger partial charge in [0.25, 0.3) is 5.69 Å². The molecule has 0 aromatic heterocycles. The maximum Gasteiger partial charge on any atom is 0.274 e. The van der Waals surface area contributed by atoms with Gasteiger partial charge in [-0.15, -0.1) is 0 Å². The lowest BCUT2D eigenvalue weighted by molar-refractivity contribution is -0.385. The molecule has 0 heterocycles. The molecular formula is C14H21N3O4. The second kappa shape index (κ2) is 8.33. The summed E-state index contributed by atoms with van der Waals surface area (Å²) in [7, 11) is 3.18. The van der Waals surface area contributed by atoms with Gasteiger partial charge in [-0.3, -0.25) is 14.9 Å². The summed E-state index contributed by atoms with van der Waals surface area (Å²) in [6.07, 6.45) is 1.22. The van der Waals surface area contributed by atoms with E-state index < -0.39 is 11.0 Å². The number of carbonyl (C=O) groups is 1. The summed E-state index contributed by atoms with van der Waals surface area (Å²) >= 11 is 0. The molecule has 116 valence electrons. The van der Waals surface area contributed by atoms with Crippen molar-refractivity contribution in [2.45, 2.75) is 25.4 Å². The van der Waals surface area contributed by atoms with Gasteiger partial charge in [-0.25, -0.2) is 0 Å². The van der Waals surface area contributed by atoms with Crippen molar-refractivity contribution in [2.24, 2.45) is 5.73 Å². The molecule has 7 nitrogen and oxygen atoms in total. The molecule has 0 fully saturated rings. The van der Waals surface area contributed by atoms with Crippen molar-refractivity contribution in [3.8, 4) is 0 Å². The quantitative estimate of drug-likeness (QED) is 0.443. The van der Waals surface area contributed by atoms with Crippen LogP contribution in [-0.4, -0.2) is 42.5 Å². The molecule has 1 amide bonds. The lowest BCUT2D eigenvalue weighted by Gasteiger charge is -2.21. The van der Waals surface area contributed by atoms with E-state index in [2.05, 4.69) is 0 Å². The molecule has 21 heavy (non-hydrogen) atoms. The van der Waals surface area contributed by atoms with E-state index in [-0.39, 0.29) is 18.1 Å². The van der Waals surface area contributed by atoms with Gasteiger partial charge in [0, 0.05) is 32.4 Å². The van der Waals surface area contributed by atoms with Crippen LogP contribution in [0, 0.1) is 10.1 Å². The minimum absolute atomic E-state index is 0.00473. The van der Waals surface area contributed by atoms with E-state index in [0.29, 0.717) is 25.0 Å². The number of rotatable bonds is 8. The second-order valence-corrected chi connectivity index (χ2v) is 4.82. The number of likely N-dealkylation sites (N-methyl/N-ethyl adjacent to an activating group) is 1. The molecule has 2 N–H and O–H groups in total. The fourth-order valence-corrected chi connectivity index (χ4v) is 2.01. The Balaban J connectivity index is 2.66. The van der Waals surface area contributed by atoms with Crippen molar-refractivity contribution >= 4 is 11.6 Å². The summed E-state index contributed by atoms with van der Waals surface area (Å²) in [6.45, 7) is 0.711. The summed E-state index contributed by atoms with van der Waals surface area (Å²) < 4.78 is 4.91. The zero-order valence-electron chi connectivity index (χ0n) is 12.3. The average Bonchev–Trinajstić information content (AvgIpc) is 2.46. The third-order valence-electron chi connectivity index (χ3n) is 3.15. The topological polar surface area (TPSA) is 98.7 Å². The SMILES string of the molecule is COCCCC(N)C(=O)N(C)Cc1ccccc1[N+](=O)[O-].